The molecule has 4 rings (SSSR count). The van der Waals surface area contributed by atoms with E-state index in [9.17, 15) is 18.7 Å². The van der Waals surface area contributed by atoms with Gasteiger partial charge in [0, 0.05) is 48.1 Å². The molecule has 0 saturated heterocycles. The molecule has 0 spiro atoms. The first-order valence-electron chi connectivity index (χ1n) is 12.7. The largest absolute Gasteiger partial charge is 0.395 e. The fraction of sp³-hybridized carbons (Fsp3) is 0.345. The number of carbonyl (C=O) groups excluding carboxylic acids is 1. The number of aliphatic imine (C=N–C) groups is 1. The zero-order valence-electron chi connectivity index (χ0n) is 22.1. The number of carbonyl (C=O) groups is 1. The van der Waals surface area contributed by atoms with Crippen molar-refractivity contribution in [3.63, 3.8) is 0 Å². The number of aliphatic hydroxyl groups excluding tert-OH is 1. The lowest BCUT2D eigenvalue weighted by atomic mass is 10.0. The van der Waals surface area contributed by atoms with E-state index in [0.29, 0.717) is 35.8 Å². The van der Waals surface area contributed by atoms with Gasteiger partial charge in [-0.05, 0) is 69.7 Å². The minimum atomic E-state index is -0.556. The van der Waals surface area contributed by atoms with Crippen LogP contribution in [-0.4, -0.2) is 46.0 Å². The third-order valence-corrected chi connectivity index (χ3v) is 6.34. The van der Waals surface area contributed by atoms with Gasteiger partial charge in [-0.3, -0.25) is 9.79 Å². The first-order valence-corrected chi connectivity index (χ1v) is 12.7. The molecule has 0 unspecified atom stereocenters. The van der Waals surface area contributed by atoms with Crippen molar-refractivity contribution in [3.8, 4) is 11.3 Å². The minimum absolute atomic E-state index is 0.0341. The number of aromatic nitrogens is 2. The third kappa shape index (κ3) is 5.83. The molecular weight excluding hydrogens is 488 g/mol. The van der Waals surface area contributed by atoms with Gasteiger partial charge in [-0.15, -0.1) is 0 Å². The number of nitrogens with one attached hydrogen (secondary N) is 1. The molecule has 2 heterocycles. The number of amides is 1. The normalized spacial score (nSPS) is 13.3. The zero-order chi connectivity index (χ0) is 27.4. The fourth-order valence-corrected chi connectivity index (χ4v) is 4.43. The molecule has 1 aromatic heterocycles. The molecule has 1 aliphatic heterocycles. The maximum absolute atomic E-state index is 14.9. The summed E-state index contributed by atoms with van der Waals surface area (Å²) in [5, 5.41) is 12.0. The van der Waals surface area contributed by atoms with Crippen LogP contribution >= 0.6 is 0 Å². The van der Waals surface area contributed by atoms with Crippen LogP contribution in [0.2, 0.25) is 0 Å². The van der Waals surface area contributed by atoms with Crippen molar-refractivity contribution in [1.29, 1.82) is 0 Å². The van der Waals surface area contributed by atoms with Crippen LogP contribution in [0.25, 0.3) is 11.3 Å². The van der Waals surface area contributed by atoms with Crippen molar-refractivity contribution < 1.29 is 18.7 Å². The van der Waals surface area contributed by atoms with Gasteiger partial charge in [0.25, 0.3) is 5.91 Å². The topological polar surface area (TPSA) is 82.8 Å². The molecule has 1 aliphatic rings. The van der Waals surface area contributed by atoms with Crippen molar-refractivity contribution in [2.45, 2.75) is 46.1 Å². The maximum atomic E-state index is 14.9. The Balaban J connectivity index is 1.53. The van der Waals surface area contributed by atoms with E-state index in [4.69, 9.17) is 0 Å². The van der Waals surface area contributed by atoms with Crippen LogP contribution in [0.5, 0.6) is 0 Å². The van der Waals surface area contributed by atoms with Gasteiger partial charge in [-0.25, -0.2) is 13.8 Å². The van der Waals surface area contributed by atoms with Crippen LogP contribution in [0.15, 0.2) is 65.6 Å². The van der Waals surface area contributed by atoms with Crippen LogP contribution < -0.4 is 10.2 Å². The second kappa shape index (κ2) is 11.3. The fourth-order valence-electron chi connectivity index (χ4n) is 4.43. The number of benzene rings is 2. The van der Waals surface area contributed by atoms with Gasteiger partial charge in [-0.2, -0.15) is 0 Å². The van der Waals surface area contributed by atoms with E-state index in [1.54, 1.807) is 24.5 Å². The predicted octanol–water partition coefficient (Wildman–Crippen LogP) is 5.51. The monoisotopic (exact) mass is 521 g/mol. The van der Waals surface area contributed by atoms with Gasteiger partial charge >= 0.3 is 0 Å². The summed E-state index contributed by atoms with van der Waals surface area (Å²) in [5.74, 6) is -1.34. The number of rotatable bonds is 9. The van der Waals surface area contributed by atoms with E-state index in [-0.39, 0.29) is 30.1 Å². The number of anilines is 2. The number of hydrogen-bond donors (Lipinski definition) is 2. The minimum Gasteiger partial charge on any atom is -0.395 e. The van der Waals surface area contributed by atoms with Gasteiger partial charge in [0.05, 0.1) is 35.7 Å². The van der Waals surface area contributed by atoms with Crippen molar-refractivity contribution in [1.82, 2.24) is 9.55 Å². The highest BCUT2D eigenvalue weighted by molar-refractivity contribution is 6.14. The van der Waals surface area contributed by atoms with Gasteiger partial charge in [0.2, 0.25) is 0 Å². The molecule has 0 radical (unpaired) electrons. The Bertz CT molecular complexity index is 1360. The number of aliphatic hydroxyl groups is 1. The first kappa shape index (κ1) is 27.2. The SMILES string of the molecule is CCCN(CCO)c1ccc(NC(=O)C2=CN=C(c3c(-c4ccc(F)cc4)ncn3C(C)(C)C)C2)c(F)c1. The van der Waals surface area contributed by atoms with E-state index in [1.807, 2.05) is 37.2 Å². The van der Waals surface area contributed by atoms with Gasteiger partial charge in [0.1, 0.15) is 11.6 Å². The van der Waals surface area contributed by atoms with E-state index < -0.39 is 11.7 Å². The summed E-state index contributed by atoms with van der Waals surface area (Å²) in [6.07, 6.45) is 4.32. The smallest absolute Gasteiger partial charge is 0.253 e. The summed E-state index contributed by atoms with van der Waals surface area (Å²) in [5.41, 5.74) is 3.57. The molecule has 0 bridgehead atoms. The van der Waals surface area contributed by atoms with Gasteiger partial charge in [0.15, 0.2) is 0 Å². The summed E-state index contributed by atoms with van der Waals surface area (Å²) in [6, 6.07) is 10.7. The first-order chi connectivity index (χ1) is 18.1. The number of nitrogens with zero attached hydrogens (tertiary/aromatic N) is 4. The molecule has 200 valence electrons. The summed E-state index contributed by atoms with van der Waals surface area (Å²) in [4.78, 5) is 24.1. The van der Waals surface area contributed by atoms with Crippen molar-refractivity contribution in [2.75, 3.05) is 29.9 Å². The van der Waals surface area contributed by atoms with Crippen molar-refractivity contribution >= 4 is 23.0 Å². The Hall–Kier alpha value is -3.85. The van der Waals surface area contributed by atoms with Crippen LogP contribution in [-0.2, 0) is 10.3 Å². The molecule has 0 aliphatic carbocycles. The highest BCUT2D eigenvalue weighted by Crippen LogP contribution is 2.31. The molecule has 0 atom stereocenters. The zero-order valence-corrected chi connectivity index (χ0v) is 22.1. The van der Waals surface area contributed by atoms with E-state index in [2.05, 4.69) is 15.3 Å². The highest BCUT2D eigenvalue weighted by Gasteiger charge is 2.28. The quantitative estimate of drug-likeness (QED) is 0.389. The number of hydrogen-bond acceptors (Lipinski definition) is 5. The van der Waals surface area contributed by atoms with Crippen LogP contribution in [0, 0.1) is 11.6 Å². The number of imidazole rings is 1. The van der Waals surface area contributed by atoms with E-state index >= 15 is 0 Å². The van der Waals surface area contributed by atoms with E-state index in [1.165, 1.54) is 30.5 Å². The molecule has 1 amide bonds. The second-order valence-corrected chi connectivity index (χ2v) is 10.2. The molecule has 0 fully saturated rings. The van der Waals surface area contributed by atoms with Crippen LogP contribution in [0.3, 0.4) is 0 Å². The molecular formula is C29H33F2N5O2. The lowest BCUT2D eigenvalue weighted by Crippen LogP contribution is -2.27. The second-order valence-electron chi connectivity index (χ2n) is 10.2. The van der Waals surface area contributed by atoms with E-state index in [0.717, 1.165) is 17.7 Å². The van der Waals surface area contributed by atoms with Gasteiger partial charge in [-0.1, -0.05) is 6.92 Å². The maximum Gasteiger partial charge on any atom is 0.253 e. The van der Waals surface area contributed by atoms with Crippen molar-refractivity contribution in [3.05, 3.63) is 77.9 Å². The highest BCUT2D eigenvalue weighted by atomic mass is 19.1. The molecule has 7 nitrogen and oxygen atoms in total. The third-order valence-electron chi connectivity index (χ3n) is 6.34. The van der Waals surface area contributed by atoms with Crippen LogP contribution in [0.1, 0.15) is 46.2 Å². The Labute approximate surface area is 221 Å². The lowest BCUT2D eigenvalue weighted by molar-refractivity contribution is -0.112. The molecule has 38 heavy (non-hydrogen) atoms. The standard InChI is InChI=1S/C29H33F2N5O2/c1-5-12-35(13-14-37)22-10-11-24(23(31)16-22)34-28(38)20-15-25(32-17-20)27-26(19-6-8-21(30)9-7-19)33-18-36(27)29(2,3)4/h6-11,16-18,37H,5,12-15H2,1-4H3,(H,34,38). The molecule has 3 aromatic rings. The van der Waals surface area contributed by atoms with Gasteiger partial charge < -0.3 is 19.9 Å². The molecule has 2 N–H and O–H groups in total. The molecule has 2 aromatic carbocycles. The molecule has 0 saturated carbocycles. The summed E-state index contributed by atoms with van der Waals surface area (Å²) in [6.45, 7) is 9.18. The van der Waals surface area contributed by atoms with Crippen molar-refractivity contribution in [2.24, 2.45) is 4.99 Å². The summed E-state index contributed by atoms with van der Waals surface area (Å²) >= 11 is 0. The average Bonchev–Trinajstić information content (AvgIpc) is 3.53. The Morgan fingerprint density at radius 3 is 2.50 bits per heavy atom. The Morgan fingerprint density at radius 1 is 1.13 bits per heavy atom. The summed E-state index contributed by atoms with van der Waals surface area (Å²) < 4.78 is 30.4. The predicted molar refractivity (Wildman–Crippen MR) is 146 cm³/mol. The lowest BCUT2D eigenvalue weighted by Gasteiger charge is -2.24. The number of halogens is 2. The summed E-state index contributed by atoms with van der Waals surface area (Å²) in [7, 11) is 0. The average molecular weight is 522 g/mol. The Morgan fingerprint density at radius 2 is 1.87 bits per heavy atom. The Kier molecular flexibility index (Phi) is 8.06. The van der Waals surface area contributed by atoms with Crippen LogP contribution in [0.4, 0.5) is 20.2 Å². The molecule has 9 heteroatoms.